The van der Waals surface area contributed by atoms with Crippen molar-refractivity contribution >= 4 is 33.4 Å². The largest absolute Gasteiger partial charge is 0.421 e. The average Bonchev–Trinajstić information content (AvgIpc) is 3.74. The molecular formula is C24H25FN8O. The van der Waals surface area contributed by atoms with Gasteiger partial charge in [0.1, 0.15) is 23.1 Å². The van der Waals surface area contributed by atoms with E-state index in [1.165, 1.54) is 12.1 Å². The maximum Gasteiger partial charge on any atom is 0.326 e. The van der Waals surface area contributed by atoms with Crippen molar-refractivity contribution in [3.63, 3.8) is 0 Å². The zero-order valence-electron chi connectivity index (χ0n) is 18.8. The quantitative estimate of drug-likeness (QED) is 0.413. The maximum absolute atomic E-state index is 14.5. The molecule has 3 aromatic heterocycles. The minimum Gasteiger partial charge on any atom is -0.421 e. The Hall–Kier alpha value is -3.53. The van der Waals surface area contributed by atoms with Crippen molar-refractivity contribution in [1.82, 2.24) is 24.9 Å². The number of aromatic nitrogens is 5. The fourth-order valence-corrected chi connectivity index (χ4v) is 5.18. The van der Waals surface area contributed by atoms with Crippen LogP contribution in [0, 0.1) is 11.2 Å². The van der Waals surface area contributed by atoms with Gasteiger partial charge in [-0.2, -0.15) is 9.97 Å². The van der Waals surface area contributed by atoms with E-state index in [0.717, 1.165) is 54.3 Å². The summed E-state index contributed by atoms with van der Waals surface area (Å²) in [5.74, 6) is 2.17. The van der Waals surface area contributed by atoms with Gasteiger partial charge in [0.15, 0.2) is 5.75 Å². The SMILES string of the molecule is CNc1cc(F)cc2c1[nH]c1nc(Oc3cnc(C4CC4)nc3)nc(N3C[C@H](N)C4(CC4)C3)c12. The molecule has 1 spiro atoms. The summed E-state index contributed by atoms with van der Waals surface area (Å²) in [5, 5.41) is 4.56. The highest BCUT2D eigenvalue weighted by molar-refractivity contribution is 6.14. The number of benzene rings is 1. The number of nitrogens with two attached hydrogens (primary N) is 1. The molecule has 7 rings (SSSR count). The van der Waals surface area contributed by atoms with Gasteiger partial charge in [-0.05, 0) is 37.8 Å². The number of H-pyrrole nitrogens is 1. The first-order valence-electron chi connectivity index (χ1n) is 11.7. The first-order chi connectivity index (χ1) is 16.5. The minimum atomic E-state index is -0.325. The smallest absolute Gasteiger partial charge is 0.326 e. The Morgan fingerprint density at radius 3 is 2.68 bits per heavy atom. The molecule has 1 aromatic carbocycles. The van der Waals surface area contributed by atoms with Crippen LogP contribution >= 0.6 is 0 Å². The first kappa shape index (κ1) is 19.9. The van der Waals surface area contributed by atoms with Crippen LogP contribution in [0.1, 0.15) is 37.4 Å². The predicted molar refractivity (Wildman–Crippen MR) is 127 cm³/mol. The van der Waals surface area contributed by atoms with Crippen LogP contribution in [0.15, 0.2) is 24.5 Å². The summed E-state index contributed by atoms with van der Waals surface area (Å²) in [6, 6.07) is 3.26. The Morgan fingerprint density at radius 2 is 2.00 bits per heavy atom. The molecule has 2 saturated carbocycles. The summed E-state index contributed by atoms with van der Waals surface area (Å²) in [6.07, 6.45) is 7.85. The normalized spacial score (nSPS) is 21.0. The summed E-state index contributed by atoms with van der Waals surface area (Å²) in [4.78, 5) is 23.8. The van der Waals surface area contributed by atoms with E-state index in [4.69, 9.17) is 15.5 Å². The molecule has 1 saturated heterocycles. The second kappa shape index (κ2) is 6.99. The highest BCUT2D eigenvalue weighted by Gasteiger charge is 2.54. The van der Waals surface area contributed by atoms with Crippen molar-refractivity contribution in [2.45, 2.75) is 37.6 Å². The highest BCUT2D eigenvalue weighted by atomic mass is 19.1. The van der Waals surface area contributed by atoms with E-state index in [9.17, 15) is 4.39 Å². The molecule has 174 valence electrons. The fourth-order valence-electron chi connectivity index (χ4n) is 5.18. The lowest BCUT2D eigenvalue weighted by Crippen LogP contribution is -2.30. The van der Waals surface area contributed by atoms with E-state index < -0.39 is 0 Å². The predicted octanol–water partition coefficient (Wildman–Crippen LogP) is 3.68. The number of rotatable bonds is 5. The molecule has 0 unspecified atom stereocenters. The van der Waals surface area contributed by atoms with Crippen LogP contribution in [0.3, 0.4) is 0 Å². The molecule has 4 aromatic rings. The molecule has 3 fully saturated rings. The molecule has 34 heavy (non-hydrogen) atoms. The third kappa shape index (κ3) is 3.08. The monoisotopic (exact) mass is 460 g/mol. The van der Waals surface area contributed by atoms with Crippen LogP contribution in [0.5, 0.6) is 11.8 Å². The van der Waals surface area contributed by atoms with Crippen molar-refractivity contribution in [3.05, 3.63) is 36.2 Å². The molecular weight excluding hydrogens is 435 g/mol. The number of hydrogen-bond donors (Lipinski definition) is 3. The van der Waals surface area contributed by atoms with Gasteiger partial charge in [-0.3, -0.25) is 0 Å². The van der Waals surface area contributed by atoms with Crippen LogP contribution in [0.4, 0.5) is 15.9 Å². The molecule has 0 bridgehead atoms. The topological polar surface area (TPSA) is 118 Å². The molecule has 1 atom stereocenters. The van der Waals surface area contributed by atoms with Crippen LogP contribution < -0.4 is 20.7 Å². The lowest BCUT2D eigenvalue weighted by molar-refractivity contribution is 0.439. The molecule has 1 aliphatic heterocycles. The second-order valence-corrected chi connectivity index (χ2v) is 9.81. The number of aromatic amines is 1. The van der Waals surface area contributed by atoms with Gasteiger partial charge in [0.2, 0.25) is 0 Å². The van der Waals surface area contributed by atoms with Gasteiger partial charge in [-0.15, -0.1) is 0 Å². The van der Waals surface area contributed by atoms with Crippen molar-refractivity contribution in [2.24, 2.45) is 11.1 Å². The Morgan fingerprint density at radius 1 is 1.21 bits per heavy atom. The Bertz CT molecular complexity index is 1430. The van der Waals surface area contributed by atoms with Crippen LogP contribution in [-0.2, 0) is 0 Å². The van der Waals surface area contributed by atoms with Gasteiger partial charge < -0.3 is 25.7 Å². The highest BCUT2D eigenvalue weighted by Crippen LogP contribution is 2.53. The molecule has 4 N–H and O–H groups in total. The van der Waals surface area contributed by atoms with Crippen molar-refractivity contribution in [1.29, 1.82) is 0 Å². The Kier molecular flexibility index (Phi) is 4.09. The van der Waals surface area contributed by atoms with Crippen molar-refractivity contribution < 1.29 is 9.13 Å². The Labute approximate surface area is 195 Å². The number of halogens is 1. The fraction of sp³-hybridized carbons (Fsp3) is 0.417. The number of fused-ring (bicyclic) bond motifs is 3. The first-order valence-corrected chi connectivity index (χ1v) is 11.7. The second-order valence-electron chi connectivity index (χ2n) is 9.81. The summed E-state index contributed by atoms with van der Waals surface area (Å²) in [5.41, 5.74) is 8.66. The minimum absolute atomic E-state index is 0.0834. The van der Waals surface area contributed by atoms with Gasteiger partial charge in [0, 0.05) is 42.9 Å². The number of nitrogens with zero attached hydrogens (tertiary/aromatic N) is 5. The number of hydrogen-bond acceptors (Lipinski definition) is 8. The molecule has 0 amide bonds. The number of ether oxygens (including phenoxy) is 1. The summed E-state index contributed by atoms with van der Waals surface area (Å²) in [6.45, 7) is 1.51. The lowest BCUT2D eigenvalue weighted by atomic mass is 10.0. The van der Waals surface area contributed by atoms with E-state index in [1.54, 1.807) is 19.4 Å². The summed E-state index contributed by atoms with van der Waals surface area (Å²) < 4.78 is 20.5. The van der Waals surface area contributed by atoms with Gasteiger partial charge in [-0.25, -0.2) is 14.4 Å². The third-order valence-corrected chi connectivity index (χ3v) is 7.46. The van der Waals surface area contributed by atoms with Gasteiger partial charge in [0.25, 0.3) is 0 Å². The zero-order chi connectivity index (χ0) is 23.0. The average molecular weight is 461 g/mol. The van der Waals surface area contributed by atoms with Crippen LogP contribution in [-0.4, -0.2) is 51.1 Å². The lowest BCUT2D eigenvalue weighted by Gasteiger charge is -2.19. The van der Waals surface area contributed by atoms with Crippen LogP contribution in [0.25, 0.3) is 21.9 Å². The molecule has 2 aliphatic carbocycles. The van der Waals surface area contributed by atoms with Crippen molar-refractivity contribution in [3.8, 4) is 11.8 Å². The standard InChI is InChI=1S/C24H25FN8O/c1-27-16-7-13(25)6-15-18-21(30-19(15)16)31-23(34-14-8-28-20(29-9-14)12-2-3-12)32-22(18)33-10-17(26)24(11-33)4-5-24/h6-9,12,17,27H,2-5,10-11,26H2,1H3,(H,30,31,32)/t17-/m0/s1. The molecule has 4 heterocycles. The molecule has 3 aliphatic rings. The molecule has 10 heteroatoms. The summed E-state index contributed by atoms with van der Waals surface area (Å²) in [7, 11) is 1.77. The van der Waals surface area contributed by atoms with E-state index in [2.05, 4.69) is 30.2 Å². The number of nitrogens with one attached hydrogen (secondary N) is 2. The van der Waals surface area contributed by atoms with Gasteiger partial charge in [-0.1, -0.05) is 0 Å². The third-order valence-electron chi connectivity index (χ3n) is 7.46. The van der Waals surface area contributed by atoms with E-state index in [0.29, 0.717) is 35.4 Å². The zero-order valence-corrected chi connectivity index (χ0v) is 18.8. The van der Waals surface area contributed by atoms with E-state index in [1.807, 2.05) is 0 Å². The Balaban J connectivity index is 1.36. The van der Waals surface area contributed by atoms with Gasteiger partial charge in [0.05, 0.1) is 29.0 Å². The van der Waals surface area contributed by atoms with Crippen LogP contribution in [0.2, 0.25) is 0 Å². The van der Waals surface area contributed by atoms with E-state index >= 15 is 0 Å². The van der Waals surface area contributed by atoms with Gasteiger partial charge >= 0.3 is 6.01 Å². The van der Waals surface area contributed by atoms with E-state index in [-0.39, 0.29) is 23.3 Å². The number of anilines is 2. The molecule has 9 nitrogen and oxygen atoms in total. The molecule has 0 radical (unpaired) electrons. The van der Waals surface area contributed by atoms with Crippen molar-refractivity contribution in [2.75, 3.05) is 30.4 Å². The maximum atomic E-state index is 14.5. The summed E-state index contributed by atoms with van der Waals surface area (Å²) >= 11 is 0.